The molecule has 3 aromatic carbocycles. The number of carbonyl (C=O) groups excluding carboxylic acids is 2. The summed E-state index contributed by atoms with van der Waals surface area (Å²) in [7, 11) is 0. The van der Waals surface area contributed by atoms with Crippen LogP contribution in [0.25, 0.3) is 0 Å². The maximum atomic E-state index is 13.6. The number of unbranched alkanes of at least 4 members (excludes halogenated alkanes) is 1. The number of nitrogens with zero attached hydrogens (tertiary/aromatic N) is 1. The summed E-state index contributed by atoms with van der Waals surface area (Å²) >= 11 is 7.73. The molecule has 190 valence electrons. The lowest BCUT2D eigenvalue weighted by atomic mass is 10.0. The highest BCUT2D eigenvalue weighted by atomic mass is 35.5. The Morgan fingerprint density at radius 3 is 2.36 bits per heavy atom. The first-order chi connectivity index (χ1) is 17.5. The van der Waals surface area contributed by atoms with Crippen LogP contribution < -0.4 is 5.32 Å². The Balaban J connectivity index is 1.83. The van der Waals surface area contributed by atoms with Crippen molar-refractivity contribution in [3.05, 3.63) is 106 Å². The molecule has 0 aromatic heterocycles. The third-order valence-electron chi connectivity index (χ3n) is 5.81. The van der Waals surface area contributed by atoms with Crippen molar-refractivity contribution < 1.29 is 14.0 Å². The highest BCUT2D eigenvalue weighted by Crippen LogP contribution is 2.22. The van der Waals surface area contributed by atoms with E-state index in [1.54, 1.807) is 17.0 Å². The summed E-state index contributed by atoms with van der Waals surface area (Å²) in [6, 6.07) is 22.6. The number of amides is 2. The van der Waals surface area contributed by atoms with Crippen molar-refractivity contribution in [1.29, 1.82) is 0 Å². The molecule has 2 amide bonds. The molecule has 7 heteroatoms. The molecule has 0 saturated carbocycles. The summed E-state index contributed by atoms with van der Waals surface area (Å²) in [5, 5.41) is 3.67. The maximum Gasteiger partial charge on any atom is 0.243 e. The molecule has 3 rings (SSSR count). The first-order valence-corrected chi connectivity index (χ1v) is 13.7. The van der Waals surface area contributed by atoms with Gasteiger partial charge in [-0.3, -0.25) is 9.59 Å². The smallest absolute Gasteiger partial charge is 0.243 e. The van der Waals surface area contributed by atoms with Crippen LogP contribution in [0.4, 0.5) is 4.39 Å². The third kappa shape index (κ3) is 8.68. The highest BCUT2D eigenvalue weighted by molar-refractivity contribution is 7.99. The molecule has 0 bridgehead atoms. The molecular formula is C29H32ClFN2O2S. The molecule has 0 spiro atoms. The monoisotopic (exact) mass is 526 g/mol. The fraction of sp³-hybridized carbons (Fsp3) is 0.310. The van der Waals surface area contributed by atoms with Crippen molar-refractivity contribution in [1.82, 2.24) is 10.2 Å². The summed E-state index contributed by atoms with van der Waals surface area (Å²) in [6.07, 6.45) is 2.21. The van der Waals surface area contributed by atoms with Gasteiger partial charge in [0.2, 0.25) is 11.8 Å². The van der Waals surface area contributed by atoms with E-state index in [1.807, 2.05) is 54.6 Å². The van der Waals surface area contributed by atoms with Crippen LogP contribution in [-0.2, 0) is 28.3 Å². The number of nitrogens with one attached hydrogen (secondary N) is 1. The molecule has 3 aromatic rings. The minimum atomic E-state index is -0.692. The molecule has 36 heavy (non-hydrogen) atoms. The van der Waals surface area contributed by atoms with Crippen molar-refractivity contribution in [2.24, 2.45) is 0 Å². The van der Waals surface area contributed by atoms with E-state index in [-0.39, 0.29) is 29.9 Å². The van der Waals surface area contributed by atoms with Crippen LogP contribution in [0.2, 0.25) is 5.02 Å². The molecule has 0 aliphatic rings. The van der Waals surface area contributed by atoms with Gasteiger partial charge in [-0.25, -0.2) is 4.39 Å². The lowest BCUT2D eigenvalue weighted by Gasteiger charge is -2.31. The number of carbonyl (C=O) groups is 2. The summed E-state index contributed by atoms with van der Waals surface area (Å²) in [5.41, 5.74) is 2.69. The van der Waals surface area contributed by atoms with Gasteiger partial charge in [-0.2, -0.15) is 0 Å². The molecule has 1 unspecified atom stereocenters. The summed E-state index contributed by atoms with van der Waals surface area (Å²) < 4.78 is 13.5. The number of rotatable bonds is 13. The van der Waals surface area contributed by atoms with E-state index in [0.717, 1.165) is 29.5 Å². The van der Waals surface area contributed by atoms with E-state index in [2.05, 4.69) is 12.2 Å². The van der Waals surface area contributed by atoms with Gasteiger partial charge in [0, 0.05) is 30.3 Å². The number of hydrogen-bond donors (Lipinski definition) is 1. The molecular weight excluding hydrogens is 495 g/mol. The Morgan fingerprint density at radius 2 is 1.67 bits per heavy atom. The molecule has 0 fully saturated rings. The fourth-order valence-electron chi connectivity index (χ4n) is 3.79. The van der Waals surface area contributed by atoms with Crippen LogP contribution in [0, 0.1) is 5.82 Å². The van der Waals surface area contributed by atoms with Crippen LogP contribution in [0.15, 0.2) is 78.9 Å². The second-order valence-corrected chi connectivity index (χ2v) is 9.98. The average molecular weight is 527 g/mol. The first-order valence-electron chi connectivity index (χ1n) is 12.1. The zero-order chi connectivity index (χ0) is 25.8. The quantitative estimate of drug-likeness (QED) is 0.267. The number of benzene rings is 3. The zero-order valence-corrected chi connectivity index (χ0v) is 22.0. The average Bonchev–Trinajstić information content (AvgIpc) is 2.89. The lowest BCUT2D eigenvalue weighted by molar-refractivity contribution is -0.139. The Kier molecular flexibility index (Phi) is 11.3. The molecule has 0 aliphatic heterocycles. The molecule has 0 radical (unpaired) electrons. The topological polar surface area (TPSA) is 49.4 Å². The van der Waals surface area contributed by atoms with Crippen LogP contribution in [-0.4, -0.2) is 35.1 Å². The second kappa shape index (κ2) is 14.7. The Labute approximate surface area is 222 Å². The molecule has 4 nitrogen and oxygen atoms in total. The van der Waals surface area contributed by atoms with Crippen molar-refractivity contribution in [3.63, 3.8) is 0 Å². The van der Waals surface area contributed by atoms with E-state index in [9.17, 15) is 14.0 Å². The van der Waals surface area contributed by atoms with Crippen LogP contribution in [0.3, 0.4) is 0 Å². The van der Waals surface area contributed by atoms with Crippen LogP contribution in [0.1, 0.15) is 36.5 Å². The van der Waals surface area contributed by atoms with Gasteiger partial charge in [0.05, 0.1) is 5.75 Å². The van der Waals surface area contributed by atoms with Gasteiger partial charge >= 0.3 is 0 Å². The van der Waals surface area contributed by atoms with Crippen molar-refractivity contribution in [2.45, 2.75) is 44.5 Å². The zero-order valence-electron chi connectivity index (χ0n) is 20.5. The van der Waals surface area contributed by atoms with Crippen LogP contribution >= 0.6 is 23.4 Å². The van der Waals surface area contributed by atoms with Crippen LogP contribution in [0.5, 0.6) is 0 Å². The van der Waals surface area contributed by atoms with E-state index >= 15 is 0 Å². The number of thioether (sulfide) groups is 1. The van der Waals surface area contributed by atoms with E-state index in [4.69, 9.17) is 11.6 Å². The van der Waals surface area contributed by atoms with Crippen molar-refractivity contribution in [3.8, 4) is 0 Å². The van der Waals surface area contributed by atoms with E-state index < -0.39 is 6.04 Å². The van der Waals surface area contributed by atoms with Gasteiger partial charge in [0.15, 0.2) is 0 Å². The van der Waals surface area contributed by atoms with Gasteiger partial charge in [-0.05, 0) is 41.3 Å². The molecule has 1 N–H and O–H groups in total. The summed E-state index contributed by atoms with van der Waals surface area (Å²) in [4.78, 5) is 28.6. The largest absolute Gasteiger partial charge is 0.354 e. The normalized spacial score (nSPS) is 11.6. The minimum Gasteiger partial charge on any atom is -0.354 e. The van der Waals surface area contributed by atoms with Gasteiger partial charge in [-0.15, -0.1) is 11.8 Å². The third-order valence-corrected chi connectivity index (χ3v) is 7.14. The SMILES string of the molecule is CCCCNC(=O)C(Cc1ccccc1)N(Cc1ccc(F)cc1)C(=O)CSCc1ccccc1Cl. The minimum absolute atomic E-state index is 0.150. The van der Waals surface area contributed by atoms with Gasteiger partial charge in [0.25, 0.3) is 0 Å². The van der Waals surface area contributed by atoms with Gasteiger partial charge in [0.1, 0.15) is 11.9 Å². The predicted octanol–water partition coefficient (Wildman–Crippen LogP) is 6.27. The predicted molar refractivity (Wildman–Crippen MR) is 146 cm³/mol. The molecule has 0 aliphatic carbocycles. The second-order valence-electron chi connectivity index (χ2n) is 8.58. The Bertz CT molecular complexity index is 1110. The fourth-order valence-corrected chi connectivity index (χ4v) is 4.99. The summed E-state index contributed by atoms with van der Waals surface area (Å²) in [5.74, 6) is 0.105. The van der Waals surface area contributed by atoms with Gasteiger partial charge < -0.3 is 10.2 Å². The Morgan fingerprint density at radius 1 is 0.972 bits per heavy atom. The molecule has 1 atom stereocenters. The van der Waals surface area contributed by atoms with Crippen molar-refractivity contribution in [2.75, 3.05) is 12.3 Å². The first kappa shape index (κ1) is 27.8. The molecule has 0 heterocycles. The summed E-state index contributed by atoms with van der Waals surface area (Å²) in [6.45, 7) is 2.83. The van der Waals surface area contributed by atoms with E-state index in [0.29, 0.717) is 23.7 Å². The lowest BCUT2D eigenvalue weighted by Crippen LogP contribution is -2.51. The maximum absolute atomic E-state index is 13.6. The highest BCUT2D eigenvalue weighted by Gasteiger charge is 2.30. The number of hydrogen-bond acceptors (Lipinski definition) is 3. The van der Waals surface area contributed by atoms with Crippen molar-refractivity contribution >= 4 is 35.2 Å². The molecule has 0 saturated heterocycles. The Hall–Kier alpha value is -2.83. The van der Waals surface area contributed by atoms with Gasteiger partial charge in [-0.1, -0.05) is 85.6 Å². The standard InChI is InChI=1S/C29H32ClFN2O2S/c1-2-3-17-32-29(35)27(18-22-9-5-4-6-10-22)33(19-23-13-15-25(31)16-14-23)28(34)21-36-20-24-11-7-8-12-26(24)30/h4-16,27H,2-3,17-21H2,1H3,(H,32,35). The number of halogens is 2. The van der Waals surface area contributed by atoms with E-state index in [1.165, 1.54) is 23.9 Å².